The molecule has 0 unspecified atom stereocenters. The van der Waals surface area contributed by atoms with Crippen molar-refractivity contribution < 1.29 is 14.3 Å². The van der Waals surface area contributed by atoms with Gasteiger partial charge in [-0.15, -0.1) is 0 Å². The zero-order valence-corrected chi connectivity index (χ0v) is 19.5. The van der Waals surface area contributed by atoms with Crippen molar-refractivity contribution >= 4 is 46.0 Å². The Hall–Kier alpha value is -3.09. The van der Waals surface area contributed by atoms with Crippen molar-refractivity contribution in [1.82, 2.24) is 0 Å². The van der Waals surface area contributed by atoms with Crippen LogP contribution in [0.3, 0.4) is 0 Å². The molecule has 0 atom stereocenters. The second-order valence-electron chi connectivity index (χ2n) is 7.27. The zero-order valence-electron chi connectivity index (χ0n) is 17.9. The van der Waals surface area contributed by atoms with E-state index in [2.05, 4.69) is 31.2 Å². The third-order valence-corrected chi connectivity index (χ3v) is 6.19. The van der Waals surface area contributed by atoms with Gasteiger partial charge in [0, 0.05) is 0 Å². The first-order valence-electron chi connectivity index (χ1n) is 10.3. The summed E-state index contributed by atoms with van der Waals surface area (Å²) in [7, 11) is 0. The van der Waals surface area contributed by atoms with Gasteiger partial charge < -0.3 is 9.47 Å². The van der Waals surface area contributed by atoms with Crippen LogP contribution in [0.2, 0.25) is 0 Å². The van der Waals surface area contributed by atoms with Crippen LogP contribution in [-0.4, -0.2) is 16.8 Å². The van der Waals surface area contributed by atoms with E-state index in [1.54, 1.807) is 4.90 Å². The van der Waals surface area contributed by atoms with E-state index in [1.165, 1.54) is 17.3 Å². The molecule has 0 bridgehead atoms. The van der Waals surface area contributed by atoms with Crippen molar-refractivity contribution in [3.05, 3.63) is 94.4 Å². The Morgan fingerprint density at radius 2 is 1.72 bits per heavy atom. The number of aryl methyl sites for hydroxylation is 1. The van der Waals surface area contributed by atoms with Gasteiger partial charge in [-0.1, -0.05) is 78.1 Å². The van der Waals surface area contributed by atoms with Gasteiger partial charge in [0.15, 0.2) is 15.8 Å². The van der Waals surface area contributed by atoms with E-state index in [4.69, 9.17) is 21.7 Å². The van der Waals surface area contributed by atoms with Crippen LogP contribution in [0.25, 0.3) is 6.08 Å². The van der Waals surface area contributed by atoms with Crippen LogP contribution in [-0.2, 0) is 11.4 Å². The SMILES string of the molecule is CCOc1cc(/C=C2/SC(=S)N(c3ccccc3)C2=O)ccc1OCc1ccc(C)cc1. The van der Waals surface area contributed by atoms with Crippen molar-refractivity contribution in [1.29, 1.82) is 0 Å². The standard InChI is InChI=1S/C26H23NO3S2/c1-3-29-23-15-20(13-14-22(23)30-17-19-11-9-18(2)10-12-19)16-24-25(28)27(26(31)32-24)21-7-5-4-6-8-21/h4-16H,3,17H2,1-2H3/b24-16+. The van der Waals surface area contributed by atoms with Crippen LogP contribution in [0.1, 0.15) is 23.6 Å². The molecule has 1 heterocycles. The second kappa shape index (κ2) is 10.0. The molecule has 6 heteroatoms. The Bertz CT molecular complexity index is 1160. The lowest BCUT2D eigenvalue weighted by molar-refractivity contribution is -0.113. The summed E-state index contributed by atoms with van der Waals surface area (Å²) >= 11 is 6.75. The summed E-state index contributed by atoms with van der Waals surface area (Å²) in [5, 5.41) is 0. The highest BCUT2D eigenvalue weighted by Crippen LogP contribution is 2.37. The summed E-state index contributed by atoms with van der Waals surface area (Å²) < 4.78 is 12.3. The minimum absolute atomic E-state index is 0.121. The smallest absolute Gasteiger partial charge is 0.270 e. The van der Waals surface area contributed by atoms with Gasteiger partial charge >= 0.3 is 0 Å². The van der Waals surface area contributed by atoms with E-state index >= 15 is 0 Å². The second-order valence-corrected chi connectivity index (χ2v) is 8.94. The van der Waals surface area contributed by atoms with Crippen LogP contribution in [0.5, 0.6) is 11.5 Å². The average molecular weight is 462 g/mol. The lowest BCUT2D eigenvalue weighted by Crippen LogP contribution is -2.27. The van der Waals surface area contributed by atoms with Gasteiger partial charge in [-0.25, -0.2) is 0 Å². The van der Waals surface area contributed by atoms with Gasteiger partial charge in [-0.3, -0.25) is 9.69 Å². The number of amides is 1. The normalized spacial score (nSPS) is 14.8. The summed E-state index contributed by atoms with van der Waals surface area (Å²) in [4.78, 5) is 15.1. The molecule has 0 spiro atoms. The first kappa shape index (κ1) is 22.1. The summed E-state index contributed by atoms with van der Waals surface area (Å²) in [5.74, 6) is 1.19. The molecule has 0 N–H and O–H groups in total. The van der Waals surface area contributed by atoms with E-state index in [9.17, 15) is 4.79 Å². The Morgan fingerprint density at radius 3 is 2.44 bits per heavy atom. The highest BCUT2D eigenvalue weighted by Gasteiger charge is 2.33. The van der Waals surface area contributed by atoms with Crippen molar-refractivity contribution in [2.45, 2.75) is 20.5 Å². The number of para-hydroxylation sites is 1. The Morgan fingerprint density at radius 1 is 0.969 bits per heavy atom. The number of carbonyl (C=O) groups is 1. The largest absolute Gasteiger partial charge is 0.490 e. The number of ether oxygens (including phenoxy) is 2. The van der Waals surface area contributed by atoms with Gasteiger partial charge in [-0.05, 0) is 55.3 Å². The zero-order chi connectivity index (χ0) is 22.5. The Balaban J connectivity index is 1.54. The van der Waals surface area contributed by atoms with E-state index in [1.807, 2.05) is 61.5 Å². The number of anilines is 1. The lowest BCUT2D eigenvalue weighted by Gasteiger charge is -2.14. The minimum Gasteiger partial charge on any atom is -0.490 e. The van der Waals surface area contributed by atoms with Crippen LogP contribution in [0.4, 0.5) is 5.69 Å². The molecule has 0 aliphatic carbocycles. The van der Waals surface area contributed by atoms with E-state index in [0.717, 1.165) is 16.8 Å². The molecule has 1 aliphatic rings. The van der Waals surface area contributed by atoms with E-state index in [0.29, 0.717) is 33.9 Å². The van der Waals surface area contributed by atoms with Crippen molar-refractivity contribution in [2.75, 3.05) is 11.5 Å². The molecule has 0 radical (unpaired) electrons. The van der Waals surface area contributed by atoms with Gasteiger partial charge in [0.05, 0.1) is 17.2 Å². The highest BCUT2D eigenvalue weighted by atomic mass is 32.2. The van der Waals surface area contributed by atoms with E-state index < -0.39 is 0 Å². The van der Waals surface area contributed by atoms with E-state index in [-0.39, 0.29) is 5.91 Å². The predicted octanol–water partition coefficient (Wildman–Crippen LogP) is 6.38. The van der Waals surface area contributed by atoms with Gasteiger partial charge in [0.1, 0.15) is 6.61 Å². The Labute approximate surface area is 197 Å². The van der Waals surface area contributed by atoms with Crippen molar-refractivity contribution in [2.24, 2.45) is 0 Å². The van der Waals surface area contributed by atoms with Gasteiger partial charge in [0.2, 0.25) is 0 Å². The summed E-state index contributed by atoms with van der Waals surface area (Å²) in [5.41, 5.74) is 3.93. The number of rotatable bonds is 7. The maximum atomic E-state index is 13.0. The molecular formula is C26H23NO3S2. The topological polar surface area (TPSA) is 38.8 Å². The fourth-order valence-corrected chi connectivity index (χ4v) is 4.57. The lowest BCUT2D eigenvalue weighted by atomic mass is 10.1. The molecule has 162 valence electrons. The molecule has 0 aromatic heterocycles. The molecule has 4 rings (SSSR count). The molecule has 1 amide bonds. The molecule has 32 heavy (non-hydrogen) atoms. The number of thioether (sulfide) groups is 1. The molecule has 1 aliphatic heterocycles. The van der Waals surface area contributed by atoms with Crippen LogP contribution >= 0.6 is 24.0 Å². The number of carbonyl (C=O) groups excluding carboxylic acids is 1. The first-order chi connectivity index (χ1) is 15.5. The monoisotopic (exact) mass is 461 g/mol. The number of nitrogens with zero attached hydrogens (tertiary/aromatic N) is 1. The summed E-state index contributed by atoms with van der Waals surface area (Å²) in [6.45, 7) is 4.96. The number of hydrogen-bond donors (Lipinski definition) is 0. The third-order valence-electron chi connectivity index (χ3n) is 4.89. The fourth-order valence-electron chi connectivity index (χ4n) is 3.27. The predicted molar refractivity (Wildman–Crippen MR) is 135 cm³/mol. The summed E-state index contributed by atoms with van der Waals surface area (Å²) in [6, 6.07) is 23.4. The average Bonchev–Trinajstić information content (AvgIpc) is 3.08. The highest BCUT2D eigenvalue weighted by molar-refractivity contribution is 8.27. The number of thiocarbonyl (C=S) groups is 1. The third kappa shape index (κ3) is 5.03. The molecule has 3 aromatic carbocycles. The number of hydrogen-bond acceptors (Lipinski definition) is 5. The van der Waals surface area contributed by atoms with Crippen LogP contribution in [0, 0.1) is 6.92 Å². The molecular weight excluding hydrogens is 438 g/mol. The Kier molecular flexibility index (Phi) is 6.93. The molecule has 3 aromatic rings. The molecule has 1 fully saturated rings. The minimum atomic E-state index is -0.121. The van der Waals surface area contributed by atoms with Crippen LogP contribution < -0.4 is 14.4 Å². The number of benzene rings is 3. The molecule has 1 saturated heterocycles. The van der Waals surface area contributed by atoms with Crippen LogP contribution in [0.15, 0.2) is 77.7 Å². The molecule has 0 saturated carbocycles. The first-order valence-corrected chi connectivity index (χ1v) is 11.6. The fraction of sp³-hybridized carbons (Fsp3) is 0.154. The van der Waals surface area contributed by atoms with Gasteiger partial charge in [-0.2, -0.15) is 0 Å². The van der Waals surface area contributed by atoms with Crippen molar-refractivity contribution in [3.8, 4) is 11.5 Å². The van der Waals surface area contributed by atoms with Crippen molar-refractivity contribution in [3.63, 3.8) is 0 Å². The summed E-state index contributed by atoms with van der Waals surface area (Å²) in [6.07, 6.45) is 1.84. The maximum Gasteiger partial charge on any atom is 0.270 e. The quantitative estimate of drug-likeness (QED) is 0.302. The maximum absolute atomic E-state index is 13.0. The molecule has 4 nitrogen and oxygen atoms in total. The van der Waals surface area contributed by atoms with Gasteiger partial charge in [0.25, 0.3) is 5.91 Å².